The lowest BCUT2D eigenvalue weighted by Crippen LogP contribution is -2.01. The van der Waals surface area contributed by atoms with Crippen LogP contribution in [0, 0.1) is 0 Å². The predicted octanol–water partition coefficient (Wildman–Crippen LogP) is 16.0. The molecule has 2 rings (SSSR count). The topological polar surface area (TPSA) is 18.5 Å². The average Bonchev–Trinajstić information content (AvgIpc) is 3.14. The molecule has 2 aromatic carbocycles. The number of benzene rings is 2. The second kappa shape index (κ2) is 32.5. The van der Waals surface area contributed by atoms with Crippen LogP contribution in [0.3, 0.4) is 0 Å². The van der Waals surface area contributed by atoms with E-state index in [4.69, 9.17) is 21.7 Å². The molecule has 0 saturated carbocycles. The SMILES string of the molecule is CCCCCCCCCCCCCCCOc1cc(C=CC(=S)c2ccc(CCC)cc2)cc(OCCCCCCCCCCCCCCC)c1. The van der Waals surface area contributed by atoms with Crippen LogP contribution in [0.25, 0.3) is 6.08 Å². The molecule has 0 aliphatic carbocycles. The highest BCUT2D eigenvalue weighted by atomic mass is 32.1. The molecule has 3 heteroatoms. The van der Waals surface area contributed by atoms with Crippen molar-refractivity contribution in [3.05, 3.63) is 65.2 Å². The number of aryl methyl sites for hydroxylation is 1. The van der Waals surface area contributed by atoms with Gasteiger partial charge in [-0.2, -0.15) is 0 Å². The van der Waals surface area contributed by atoms with Gasteiger partial charge in [0.15, 0.2) is 0 Å². The van der Waals surface area contributed by atoms with Gasteiger partial charge in [0.25, 0.3) is 0 Å². The van der Waals surface area contributed by atoms with Crippen molar-refractivity contribution >= 4 is 23.2 Å². The number of rotatable bonds is 35. The molecular weight excluding hydrogens is 641 g/mol. The Morgan fingerprint density at radius 1 is 0.471 bits per heavy atom. The van der Waals surface area contributed by atoms with E-state index in [1.165, 1.54) is 160 Å². The van der Waals surface area contributed by atoms with Crippen LogP contribution in [0.2, 0.25) is 0 Å². The van der Waals surface area contributed by atoms with Gasteiger partial charge in [0.1, 0.15) is 11.5 Å². The molecule has 0 amide bonds. The summed E-state index contributed by atoms with van der Waals surface area (Å²) in [7, 11) is 0. The molecule has 288 valence electrons. The molecule has 2 aromatic rings. The Bertz CT molecular complexity index is 1070. The van der Waals surface area contributed by atoms with Crippen LogP contribution in [-0.2, 0) is 6.42 Å². The first-order valence-electron chi connectivity index (χ1n) is 21.9. The van der Waals surface area contributed by atoms with Gasteiger partial charge in [-0.1, -0.05) is 224 Å². The van der Waals surface area contributed by atoms with Gasteiger partial charge >= 0.3 is 0 Å². The van der Waals surface area contributed by atoms with E-state index < -0.39 is 0 Å². The zero-order valence-corrected chi connectivity index (χ0v) is 34.5. The highest BCUT2D eigenvalue weighted by Crippen LogP contribution is 2.25. The number of unbranched alkanes of at least 4 members (excludes halogenated alkanes) is 24. The number of ether oxygens (including phenoxy) is 2. The summed E-state index contributed by atoms with van der Waals surface area (Å²) >= 11 is 5.78. The molecule has 0 saturated heterocycles. The molecule has 0 fully saturated rings. The molecule has 0 bridgehead atoms. The molecule has 0 aliphatic rings. The predicted molar refractivity (Wildman–Crippen MR) is 230 cm³/mol. The molecule has 0 unspecified atom stereocenters. The van der Waals surface area contributed by atoms with Crippen LogP contribution in [0.5, 0.6) is 11.5 Å². The zero-order chi connectivity index (χ0) is 36.5. The summed E-state index contributed by atoms with van der Waals surface area (Å²) in [5.41, 5.74) is 3.53. The van der Waals surface area contributed by atoms with Crippen molar-refractivity contribution < 1.29 is 9.47 Å². The van der Waals surface area contributed by atoms with Crippen LogP contribution >= 0.6 is 12.2 Å². The molecule has 0 aromatic heterocycles. The quantitative estimate of drug-likeness (QED) is 0.0306. The van der Waals surface area contributed by atoms with Gasteiger partial charge < -0.3 is 9.47 Å². The third-order valence-electron chi connectivity index (χ3n) is 10.1. The standard InChI is InChI=1S/C48H78O2S/c1-4-7-9-11-13-15-17-19-21-23-25-27-29-38-49-46-40-44(34-37-48(51)45-35-32-43(31-6-3)33-36-45)41-47(42-46)50-39-30-28-26-24-22-20-18-16-14-12-10-8-5-2/h32-37,40-42H,4-31,38-39H2,1-3H3. The summed E-state index contributed by atoms with van der Waals surface area (Å²) < 4.78 is 12.6. The molecular formula is C48H78O2S. The van der Waals surface area contributed by atoms with E-state index in [0.717, 1.165) is 66.4 Å². The van der Waals surface area contributed by atoms with Gasteiger partial charge in [-0.3, -0.25) is 0 Å². The number of hydrogen-bond donors (Lipinski definition) is 0. The molecule has 0 spiro atoms. The van der Waals surface area contributed by atoms with Gasteiger partial charge in [-0.15, -0.1) is 0 Å². The average molecular weight is 719 g/mol. The van der Waals surface area contributed by atoms with Crippen molar-refractivity contribution in [3.8, 4) is 11.5 Å². The molecule has 0 N–H and O–H groups in total. The Hall–Kier alpha value is -2.13. The van der Waals surface area contributed by atoms with E-state index >= 15 is 0 Å². The van der Waals surface area contributed by atoms with Gasteiger partial charge in [0, 0.05) is 10.9 Å². The van der Waals surface area contributed by atoms with Crippen LogP contribution in [0.15, 0.2) is 48.5 Å². The maximum Gasteiger partial charge on any atom is 0.123 e. The molecule has 2 nitrogen and oxygen atoms in total. The van der Waals surface area contributed by atoms with Crippen LogP contribution in [0.4, 0.5) is 0 Å². The summed E-state index contributed by atoms with van der Waals surface area (Å²) in [5.74, 6) is 1.79. The molecule has 0 heterocycles. The van der Waals surface area contributed by atoms with Gasteiger partial charge in [-0.25, -0.2) is 0 Å². The second-order valence-corrected chi connectivity index (χ2v) is 15.5. The third-order valence-corrected chi connectivity index (χ3v) is 10.5. The first kappa shape index (κ1) is 45.0. The lowest BCUT2D eigenvalue weighted by Gasteiger charge is -2.12. The van der Waals surface area contributed by atoms with Crippen LogP contribution in [-0.4, -0.2) is 18.1 Å². The van der Waals surface area contributed by atoms with Crippen molar-refractivity contribution in [2.75, 3.05) is 13.2 Å². The third kappa shape index (κ3) is 24.7. The Morgan fingerprint density at radius 3 is 1.22 bits per heavy atom. The summed E-state index contributed by atoms with van der Waals surface area (Å²) in [6.45, 7) is 8.32. The minimum absolute atomic E-state index is 0.756. The fourth-order valence-electron chi connectivity index (χ4n) is 6.87. The monoisotopic (exact) mass is 719 g/mol. The minimum Gasteiger partial charge on any atom is -0.493 e. The maximum atomic E-state index is 6.29. The summed E-state index contributed by atoms with van der Waals surface area (Å²) in [4.78, 5) is 0.853. The van der Waals surface area contributed by atoms with Crippen LogP contribution < -0.4 is 9.47 Å². The summed E-state index contributed by atoms with van der Waals surface area (Å²) in [6, 6.07) is 15.0. The second-order valence-electron chi connectivity index (χ2n) is 15.1. The lowest BCUT2D eigenvalue weighted by atomic mass is 10.0. The van der Waals surface area contributed by atoms with E-state index in [1.54, 1.807) is 0 Å². The lowest BCUT2D eigenvalue weighted by molar-refractivity contribution is 0.289. The fraction of sp³-hybridized carbons (Fsp3) is 0.688. The number of hydrogen-bond acceptors (Lipinski definition) is 3. The van der Waals surface area contributed by atoms with E-state index in [9.17, 15) is 0 Å². The molecule has 0 radical (unpaired) electrons. The van der Waals surface area contributed by atoms with Crippen molar-refractivity contribution in [1.82, 2.24) is 0 Å². The maximum absolute atomic E-state index is 6.29. The van der Waals surface area contributed by atoms with Crippen molar-refractivity contribution in [1.29, 1.82) is 0 Å². The summed E-state index contributed by atoms with van der Waals surface area (Å²) in [5, 5.41) is 0. The normalized spacial score (nSPS) is 11.4. The molecule has 0 atom stereocenters. The Morgan fingerprint density at radius 2 is 0.843 bits per heavy atom. The smallest absolute Gasteiger partial charge is 0.123 e. The number of thiocarbonyl (C=S) groups is 1. The minimum atomic E-state index is 0.756. The Balaban J connectivity index is 1.74. The number of allylic oxidation sites excluding steroid dienone is 1. The van der Waals surface area contributed by atoms with Gasteiger partial charge in [-0.05, 0) is 54.2 Å². The highest BCUT2D eigenvalue weighted by Gasteiger charge is 2.05. The van der Waals surface area contributed by atoms with E-state index in [0.29, 0.717) is 0 Å². The van der Waals surface area contributed by atoms with Crippen LogP contribution in [0.1, 0.15) is 211 Å². The van der Waals surface area contributed by atoms with E-state index in [1.807, 2.05) is 6.08 Å². The van der Waals surface area contributed by atoms with Crippen molar-refractivity contribution in [2.45, 2.75) is 201 Å². The Labute approximate surface area is 322 Å². The molecule has 0 aliphatic heterocycles. The Kier molecular flexibility index (Phi) is 28.7. The van der Waals surface area contributed by atoms with Crippen molar-refractivity contribution in [2.24, 2.45) is 0 Å². The van der Waals surface area contributed by atoms with E-state index in [-0.39, 0.29) is 0 Å². The fourth-order valence-corrected chi connectivity index (χ4v) is 7.07. The summed E-state index contributed by atoms with van der Waals surface area (Å²) in [6.07, 6.45) is 41.8. The van der Waals surface area contributed by atoms with Crippen molar-refractivity contribution in [3.63, 3.8) is 0 Å². The van der Waals surface area contributed by atoms with E-state index in [2.05, 4.69) is 69.3 Å². The zero-order valence-electron chi connectivity index (χ0n) is 33.6. The van der Waals surface area contributed by atoms with Gasteiger partial charge in [0.2, 0.25) is 0 Å². The van der Waals surface area contributed by atoms with Gasteiger partial charge in [0.05, 0.1) is 13.2 Å². The first-order chi connectivity index (χ1) is 25.2. The highest BCUT2D eigenvalue weighted by molar-refractivity contribution is 7.81. The largest absolute Gasteiger partial charge is 0.493 e. The molecule has 51 heavy (non-hydrogen) atoms. The first-order valence-corrected chi connectivity index (χ1v) is 22.3.